The third-order valence-corrected chi connectivity index (χ3v) is 5.51. The fraction of sp³-hybridized carbons (Fsp3) is 0.280. The van der Waals surface area contributed by atoms with E-state index in [1.54, 1.807) is 0 Å². The molecule has 2 aromatic heterocycles. The molecule has 5 N–H and O–H groups in total. The Morgan fingerprint density at radius 1 is 0.935 bits per heavy atom. The van der Waals surface area contributed by atoms with Crippen molar-refractivity contribution in [2.24, 2.45) is 5.73 Å². The van der Waals surface area contributed by atoms with Crippen LogP contribution in [0.1, 0.15) is 42.3 Å². The van der Waals surface area contributed by atoms with Gasteiger partial charge in [-0.05, 0) is 23.1 Å². The summed E-state index contributed by atoms with van der Waals surface area (Å²) in [4.78, 5) is 9.42. The van der Waals surface area contributed by atoms with Gasteiger partial charge in [-0.1, -0.05) is 67.9 Å². The molecule has 31 heavy (non-hydrogen) atoms. The molecule has 4 rings (SSSR count). The Kier molecular flexibility index (Phi) is 6.48. The van der Waals surface area contributed by atoms with Crippen molar-refractivity contribution in [1.82, 2.24) is 14.5 Å². The van der Waals surface area contributed by atoms with Crippen LogP contribution in [0.2, 0.25) is 0 Å². The van der Waals surface area contributed by atoms with Gasteiger partial charge in [0.25, 0.3) is 0 Å². The van der Waals surface area contributed by atoms with Crippen LogP contribution in [0.4, 0.5) is 11.6 Å². The van der Waals surface area contributed by atoms with Crippen molar-refractivity contribution in [3.8, 4) is 0 Å². The minimum Gasteiger partial charge on any atom is -0.382 e. The molecular formula is C25H30N6. The highest BCUT2D eigenvalue weighted by molar-refractivity contribution is 5.88. The lowest BCUT2D eigenvalue weighted by atomic mass is 10.1. The van der Waals surface area contributed by atoms with E-state index in [1.165, 1.54) is 11.1 Å². The van der Waals surface area contributed by atoms with Crippen LogP contribution >= 0.6 is 0 Å². The largest absolute Gasteiger partial charge is 0.382 e. The number of unbranched alkanes of at least 4 members (excludes halogenated alkanes) is 1. The van der Waals surface area contributed by atoms with Crippen LogP contribution in [0, 0.1) is 0 Å². The van der Waals surface area contributed by atoms with Crippen molar-refractivity contribution >= 4 is 22.7 Å². The van der Waals surface area contributed by atoms with Gasteiger partial charge < -0.3 is 21.4 Å². The summed E-state index contributed by atoms with van der Waals surface area (Å²) in [6.45, 7) is 4.18. The number of benzene rings is 2. The minimum atomic E-state index is 0.461. The number of aromatic nitrogens is 3. The second-order valence-corrected chi connectivity index (χ2v) is 7.84. The SMILES string of the molecule is CCCCc1nc2c(N)nc(NCc3ccc(CN)cc3)cc2n1Cc1ccccc1. The number of nitrogens with two attached hydrogens (primary N) is 2. The first-order chi connectivity index (χ1) is 15.2. The molecule has 0 spiro atoms. The lowest BCUT2D eigenvalue weighted by Crippen LogP contribution is -2.07. The van der Waals surface area contributed by atoms with E-state index in [2.05, 4.69) is 76.4 Å². The predicted molar refractivity (Wildman–Crippen MR) is 128 cm³/mol. The molecule has 2 aromatic carbocycles. The molecule has 0 aliphatic rings. The molecule has 2 heterocycles. The van der Waals surface area contributed by atoms with Crippen molar-refractivity contribution in [3.05, 3.63) is 83.2 Å². The van der Waals surface area contributed by atoms with Crippen LogP contribution in [-0.4, -0.2) is 14.5 Å². The zero-order chi connectivity index (χ0) is 21.6. The van der Waals surface area contributed by atoms with Crippen LogP contribution < -0.4 is 16.8 Å². The average Bonchev–Trinajstić information content (AvgIpc) is 3.15. The summed E-state index contributed by atoms with van der Waals surface area (Å²) in [5, 5.41) is 3.41. The van der Waals surface area contributed by atoms with Crippen molar-refractivity contribution < 1.29 is 0 Å². The van der Waals surface area contributed by atoms with E-state index in [4.69, 9.17) is 16.5 Å². The number of pyridine rings is 1. The van der Waals surface area contributed by atoms with E-state index in [9.17, 15) is 0 Å². The lowest BCUT2D eigenvalue weighted by Gasteiger charge is -2.11. The molecule has 0 atom stereocenters. The second kappa shape index (κ2) is 9.62. The van der Waals surface area contributed by atoms with Crippen molar-refractivity contribution in [2.75, 3.05) is 11.1 Å². The summed E-state index contributed by atoms with van der Waals surface area (Å²) in [5.41, 5.74) is 17.3. The van der Waals surface area contributed by atoms with Gasteiger partial charge in [0.2, 0.25) is 0 Å². The van der Waals surface area contributed by atoms with E-state index in [0.717, 1.165) is 54.0 Å². The fourth-order valence-electron chi connectivity index (χ4n) is 3.74. The van der Waals surface area contributed by atoms with E-state index in [0.29, 0.717) is 18.9 Å². The van der Waals surface area contributed by atoms with Crippen molar-refractivity contribution in [2.45, 2.75) is 45.8 Å². The minimum absolute atomic E-state index is 0.461. The smallest absolute Gasteiger partial charge is 0.154 e. The number of anilines is 2. The van der Waals surface area contributed by atoms with Gasteiger partial charge in [0.15, 0.2) is 5.82 Å². The highest BCUT2D eigenvalue weighted by atomic mass is 15.1. The molecule has 160 valence electrons. The molecule has 0 bridgehead atoms. The van der Waals surface area contributed by atoms with Gasteiger partial charge in [-0.25, -0.2) is 9.97 Å². The van der Waals surface area contributed by atoms with Gasteiger partial charge >= 0.3 is 0 Å². The van der Waals surface area contributed by atoms with Crippen LogP contribution in [0.15, 0.2) is 60.7 Å². The number of fused-ring (bicyclic) bond motifs is 1. The van der Waals surface area contributed by atoms with E-state index in [-0.39, 0.29) is 0 Å². The normalized spacial score (nSPS) is 11.2. The summed E-state index contributed by atoms with van der Waals surface area (Å²) in [6, 6.07) is 20.8. The topological polar surface area (TPSA) is 94.8 Å². The standard InChI is InChI=1S/C25H30N6/c1-2-3-9-23-30-24-21(31(23)17-20-7-5-4-6-8-20)14-22(29-25(24)27)28-16-19-12-10-18(15-26)11-13-19/h4-8,10-14H,2-3,9,15-17,26H2,1H3,(H3,27,28,29). The number of rotatable bonds is 9. The van der Waals surface area contributed by atoms with Crippen LogP contribution in [-0.2, 0) is 26.1 Å². The molecule has 0 saturated heterocycles. The number of imidazole rings is 1. The van der Waals surface area contributed by atoms with E-state index in [1.807, 2.05) is 6.07 Å². The van der Waals surface area contributed by atoms with Gasteiger partial charge in [-0.2, -0.15) is 0 Å². The predicted octanol–water partition coefficient (Wildman–Crippen LogP) is 4.48. The van der Waals surface area contributed by atoms with Crippen molar-refractivity contribution in [1.29, 1.82) is 0 Å². The number of nitrogens with zero attached hydrogens (tertiary/aromatic N) is 3. The number of hydrogen-bond donors (Lipinski definition) is 3. The Balaban J connectivity index is 1.65. The second-order valence-electron chi connectivity index (χ2n) is 7.84. The van der Waals surface area contributed by atoms with Crippen molar-refractivity contribution in [3.63, 3.8) is 0 Å². The molecule has 0 radical (unpaired) electrons. The Morgan fingerprint density at radius 3 is 2.39 bits per heavy atom. The maximum absolute atomic E-state index is 6.33. The quantitative estimate of drug-likeness (QED) is 0.375. The van der Waals surface area contributed by atoms with Crippen LogP contribution in [0.3, 0.4) is 0 Å². The molecule has 0 fully saturated rings. The molecule has 0 unspecified atom stereocenters. The molecular weight excluding hydrogens is 384 g/mol. The average molecular weight is 415 g/mol. The highest BCUT2D eigenvalue weighted by Gasteiger charge is 2.15. The van der Waals surface area contributed by atoms with Gasteiger partial charge in [0.05, 0.1) is 5.52 Å². The zero-order valence-electron chi connectivity index (χ0n) is 18.0. The lowest BCUT2D eigenvalue weighted by molar-refractivity contribution is 0.690. The first-order valence-electron chi connectivity index (χ1n) is 10.9. The summed E-state index contributed by atoms with van der Waals surface area (Å²) in [5.74, 6) is 2.27. The van der Waals surface area contributed by atoms with Gasteiger partial charge in [-0.3, -0.25) is 0 Å². The monoisotopic (exact) mass is 414 g/mol. The number of nitrogen functional groups attached to an aromatic ring is 1. The molecule has 0 aliphatic heterocycles. The maximum Gasteiger partial charge on any atom is 0.154 e. The molecule has 0 saturated carbocycles. The highest BCUT2D eigenvalue weighted by Crippen LogP contribution is 2.26. The zero-order valence-corrected chi connectivity index (χ0v) is 18.0. The first kappa shape index (κ1) is 20.9. The molecule has 4 aromatic rings. The summed E-state index contributed by atoms with van der Waals surface area (Å²) in [6.07, 6.45) is 3.14. The molecule has 0 amide bonds. The Hall–Kier alpha value is -3.38. The first-order valence-corrected chi connectivity index (χ1v) is 10.9. The van der Waals surface area contributed by atoms with Gasteiger partial charge in [0.1, 0.15) is 17.2 Å². The van der Waals surface area contributed by atoms with Crippen LogP contribution in [0.5, 0.6) is 0 Å². The molecule has 0 aliphatic carbocycles. The van der Waals surface area contributed by atoms with E-state index < -0.39 is 0 Å². The molecule has 6 heteroatoms. The summed E-state index contributed by atoms with van der Waals surface area (Å²) < 4.78 is 2.28. The third kappa shape index (κ3) is 4.86. The van der Waals surface area contributed by atoms with Crippen LogP contribution in [0.25, 0.3) is 11.0 Å². The molecule has 6 nitrogen and oxygen atoms in total. The number of nitrogens with one attached hydrogen (secondary N) is 1. The third-order valence-electron chi connectivity index (χ3n) is 5.51. The summed E-state index contributed by atoms with van der Waals surface area (Å²) in [7, 11) is 0. The number of aryl methyl sites for hydroxylation is 1. The van der Waals surface area contributed by atoms with Gasteiger partial charge in [-0.15, -0.1) is 0 Å². The van der Waals surface area contributed by atoms with Gasteiger partial charge in [0, 0.05) is 32.1 Å². The van der Waals surface area contributed by atoms with E-state index >= 15 is 0 Å². The Labute approximate surface area is 183 Å². The Morgan fingerprint density at radius 2 is 1.68 bits per heavy atom. The number of hydrogen-bond acceptors (Lipinski definition) is 5. The Bertz CT molecular complexity index is 1130. The summed E-state index contributed by atoms with van der Waals surface area (Å²) >= 11 is 0. The fourth-order valence-corrected chi connectivity index (χ4v) is 3.74. The maximum atomic E-state index is 6.33.